The zero-order valence-corrected chi connectivity index (χ0v) is 17.7. The lowest BCUT2D eigenvalue weighted by atomic mass is 10.2. The highest BCUT2D eigenvalue weighted by atomic mass is 79.9. The molecule has 0 aliphatic heterocycles. The maximum absolute atomic E-state index is 12.5. The molecule has 6 nitrogen and oxygen atoms in total. The Labute approximate surface area is 178 Å². The molecule has 3 aromatic heterocycles. The summed E-state index contributed by atoms with van der Waals surface area (Å²) in [6, 6.07) is 11.7. The van der Waals surface area contributed by atoms with Crippen molar-refractivity contribution in [2.24, 2.45) is 0 Å². The van der Waals surface area contributed by atoms with Crippen molar-refractivity contribution < 1.29 is 4.79 Å². The Kier molecular flexibility index (Phi) is 5.61. The molecule has 0 bridgehead atoms. The summed E-state index contributed by atoms with van der Waals surface area (Å²) in [4.78, 5) is 13.1. The monoisotopic (exact) mass is 475 g/mol. The van der Waals surface area contributed by atoms with E-state index in [1.807, 2.05) is 41.9 Å². The van der Waals surface area contributed by atoms with Crippen molar-refractivity contribution in [1.29, 1.82) is 0 Å². The number of benzene rings is 1. The molecule has 0 unspecified atom stereocenters. The molecule has 0 aliphatic carbocycles. The smallest absolute Gasteiger partial charge is 0.266 e. The van der Waals surface area contributed by atoms with Gasteiger partial charge >= 0.3 is 0 Å². The van der Waals surface area contributed by atoms with Crippen LogP contribution in [0.4, 0.5) is 5.82 Å². The van der Waals surface area contributed by atoms with Gasteiger partial charge in [-0.05, 0) is 34.7 Å². The number of amides is 1. The van der Waals surface area contributed by atoms with E-state index in [1.165, 1.54) is 11.3 Å². The molecule has 9 heteroatoms. The van der Waals surface area contributed by atoms with E-state index in [9.17, 15) is 4.79 Å². The second-order valence-corrected chi connectivity index (χ2v) is 8.42. The van der Waals surface area contributed by atoms with Gasteiger partial charge in [-0.3, -0.25) is 14.2 Å². The number of halogens is 2. The van der Waals surface area contributed by atoms with E-state index in [0.29, 0.717) is 28.8 Å². The maximum atomic E-state index is 12.5. The van der Waals surface area contributed by atoms with Crippen molar-refractivity contribution >= 4 is 50.6 Å². The van der Waals surface area contributed by atoms with Crippen LogP contribution < -0.4 is 5.32 Å². The second-order valence-electron chi connectivity index (χ2n) is 6.15. The highest BCUT2D eigenvalue weighted by Gasteiger charge is 2.12. The van der Waals surface area contributed by atoms with E-state index in [4.69, 9.17) is 11.6 Å². The molecule has 0 saturated carbocycles. The molecule has 1 N–H and O–H groups in total. The third-order valence-corrected chi connectivity index (χ3v) is 5.67. The summed E-state index contributed by atoms with van der Waals surface area (Å²) in [7, 11) is 0. The van der Waals surface area contributed by atoms with Crippen molar-refractivity contribution in [3.05, 3.63) is 85.9 Å². The Balaban J connectivity index is 1.37. The molecule has 0 saturated heterocycles. The van der Waals surface area contributed by atoms with Gasteiger partial charge in [0.1, 0.15) is 0 Å². The summed E-state index contributed by atoms with van der Waals surface area (Å²) in [5.74, 6) is 0.347. The molecule has 0 spiro atoms. The van der Waals surface area contributed by atoms with Crippen LogP contribution in [0.5, 0.6) is 0 Å². The Hall–Kier alpha value is -2.42. The zero-order valence-electron chi connectivity index (χ0n) is 14.5. The van der Waals surface area contributed by atoms with Crippen LogP contribution in [0.15, 0.2) is 64.8 Å². The number of nitrogens with zero attached hydrogens (tertiary/aromatic N) is 4. The lowest BCUT2D eigenvalue weighted by Gasteiger charge is -2.02. The SMILES string of the molecule is O=C(Nc1ccn(Cc2ccc(Br)cc2)n1)c1cc(Cn2cc(Cl)cn2)cs1. The van der Waals surface area contributed by atoms with Crippen molar-refractivity contribution in [3.63, 3.8) is 0 Å². The number of carbonyl (C=O) groups excluding carboxylic acids is 1. The Morgan fingerprint density at radius 1 is 1.14 bits per heavy atom. The Bertz CT molecular complexity index is 1100. The van der Waals surface area contributed by atoms with Gasteiger partial charge in [-0.2, -0.15) is 10.2 Å². The third kappa shape index (κ3) is 4.70. The van der Waals surface area contributed by atoms with Gasteiger partial charge in [0, 0.05) is 22.9 Å². The molecule has 0 aliphatic rings. The first kappa shape index (κ1) is 18.9. The average Bonchev–Trinajstić information content (AvgIpc) is 3.40. The average molecular weight is 477 g/mol. The van der Waals surface area contributed by atoms with Crippen LogP contribution >= 0.6 is 38.9 Å². The standard InChI is InChI=1S/C19H15BrClN5OS/c20-15-3-1-13(2-4-15)9-25-6-5-18(24-25)23-19(27)17-7-14(12-28-17)10-26-11-16(21)8-22-26/h1-8,11-12H,9-10H2,(H,23,24,27). The number of nitrogens with one attached hydrogen (secondary N) is 1. The molecule has 0 fully saturated rings. The predicted molar refractivity (Wildman–Crippen MR) is 114 cm³/mol. The largest absolute Gasteiger partial charge is 0.304 e. The van der Waals surface area contributed by atoms with Crippen LogP contribution in [0.2, 0.25) is 5.02 Å². The number of carbonyl (C=O) groups is 1. The van der Waals surface area contributed by atoms with Crippen LogP contribution in [-0.2, 0) is 13.1 Å². The van der Waals surface area contributed by atoms with Crippen molar-refractivity contribution in [2.75, 3.05) is 5.32 Å². The molecule has 142 valence electrons. The minimum absolute atomic E-state index is 0.177. The van der Waals surface area contributed by atoms with Gasteiger partial charge in [-0.25, -0.2) is 0 Å². The molecule has 0 atom stereocenters. The van der Waals surface area contributed by atoms with E-state index in [-0.39, 0.29) is 5.91 Å². The van der Waals surface area contributed by atoms with Gasteiger partial charge in [0.05, 0.1) is 29.2 Å². The van der Waals surface area contributed by atoms with Gasteiger partial charge in [0.15, 0.2) is 5.82 Å². The van der Waals surface area contributed by atoms with Gasteiger partial charge in [-0.1, -0.05) is 39.7 Å². The van der Waals surface area contributed by atoms with Crippen LogP contribution in [0.25, 0.3) is 0 Å². The molecular formula is C19H15BrClN5OS. The van der Waals surface area contributed by atoms with Crippen molar-refractivity contribution in [1.82, 2.24) is 19.6 Å². The van der Waals surface area contributed by atoms with E-state index in [2.05, 4.69) is 31.4 Å². The molecule has 4 aromatic rings. The van der Waals surface area contributed by atoms with Crippen molar-refractivity contribution in [3.8, 4) is 0 Å². The summed E-state index contributed by atoms with van der Waals surface area (Å²) in [6.07, 6.45) is 5.18. The summed E-state index contributed by atoms with van der Waals surface area (Å²) in [6.45, 7) is 1.21. The van der Waals surface area contributed by atoms with Crippen LogP contribution in [0.3, 0.4) is 0 Å². The van der Waals surface area contributed by atoms with Crippen molar-refractivity contribution in [2.45, 2.75) is 13.1 Å². The summed E-state index contributed by atoms with van der Waals surface area (Å²) in [5.41, 5.74) is 2.13. The number of hydrogen-bond donors (Lipinski definition) is 1. The summed E-state index contributed by atoms with van der Waals surface area (Å²) in [5, 5.41) is 13.9. The molecule has 28 heavy (non-hydrogen) atoms. The predicted octanol–water partition coefficient (Wildman–Crippen LogP) is 4.91. The van der Waals surface area contributed by atoms with E-state index < -0.39 is 0 Å². The van der Waals surface area contributed by atoms with Gasteiger partial charge < -0.3 is 5.32 Å². The highest BCUT2D eigenvalue weighted by Crippen LogP contribution is 2.18. The fourth-order valence-corrected chi connectivity index (χ4v) is 3.88. The summed E-state index contributed by atoms with van der Waals surface area (Å²) < 4.78 is 4.56. The summed E-state index contributed by atoms with van der Waals surface area (Å²) >= 11 is 10.7. The minimum atomic E-state index is -0.177. The fraction of sp³-hybridized carbons (Fsp3) is 0.105. The quantitative estimate of drug-likeness (QED) is 0.430. The van der Waals surface area contributed by atoms with Crippen LogP contribution in [-0.4, -0.2) is 25.5 Å². The Morgan fingerprint density at radius 3 is 2.68 bits per heavy atom. The molecule has 1 aromatic carbocycles. The van der Waals surface area contributed by atoms with E-state index in [1.54, 1.807) is 27.8 Å². The first-order chi connectivity index (χ1) is 13.5. The van der Waals surface area contributed by atoms with Crippen LogP contribution in [0.1, 0.15) is 20.8 Å². The lowest BCUT2D eigenvalue weighted by Crippen LogP contribution is -2.11. The van der Waals surface area contributed by atoms with E-state index >= 15 is 0 Å². The molecule has 1 amide bonds. The lowest BCUT2D eigenvalue weighted by molar-refractivity contribution is 0.103. The fourth-order valence-electron chi connectivity index (χ4n) is 2.66. The molecule has 4 rings (SSSR count). The Morgan fingerprint density at radius 2 is 1.93 bits per heavy atom. The first-order valence-corrected chi connectivity index (χ1v) is 10.4. The minimum Gasteiger partial charge on any atom is -0.304 e. The number of anilines is 1. The van der Waals surface area contributed by atoms with E-state index in [0.717, 1.165) is 15.6 Å². The highest BCUT2D eigenvalue weighted by molar-refractivity contribution is 9.10. The topological polar surface area (TPSA) is 64.7 Å². The maximum Gasteiger partial charge on any atom is 0.266 e. The van der Waals surface area contributed by atoms with Gasteiger partial charge in [-0.15, -0.1) is 11.3 Å². The number of rotatable bonds is 6. The third-order valence-electron chi connectivity index (χ3n) is 3.96. The van der Waals surface area contributed by atoms with Gasteiger partial charge in [0.2, 0.25) is 0 Å². The number of thiophene rings is 1. The number of aromatic nitrogens is 4. The van der Waals surface area contributed by atoms with Gasteiger partial charge in [0.25, 0.3) is 5.91 Å². The number of hydrogen-bond acceptors (Lipinski definition) is 4. The molecular weight excluding hydrogens is 462 g/mol. The molecule has 3 heterocycles. The second kappa shape index (κ2) is 8.30. The molecule has 0 radical (unpaired) electrons. The zero-order chi connectivity index (χ0) is 19.5. The first-order valence-electron chi connectivity index (χ1n) is 8.40. The van der Waals surface area contributed by atoms with Crippen LogP contribution in [0, 0.1) is 0 Å². The normalized spacial score (nSPS) is 10.9.